The molecule has 1 aromatic heterocycles. The highest BCUT2D eigenvalue weighted by molar-refractivity contribution is 5.90. The summed E-state index contributed by atoms with van der Waals surface area (Å²) >= 11 is 0. The summed E-state index contributed by atoms with van der Waals surface area (Å²) in [6.45, 7) is 2.50. The molecule has 0 spiro atoms. The van der Waals surface area contributed by atoms with Crippen LogP contribution in [0.1, 0.15) is 25.0 Å². The van der Waals surface area contributed by atoms with Crippen molar-refractivity contribution in [3.8, 4) is 0 Å². The summed E-state index contributed by atoms with van der Waals surface area (Å²) in [6, 6.07) is 15.3. The molecule has 138 valence electrons. The molecule has 0 saturated carbocycles. The van der Waals surface area contributed by atoms with Gasteiger partial charge in [-0.1, -0.05) is 24.3 Å². The minimum atomic E-state index is -0.532. The lowest BCUT2D eigenvalue weighted by molar-refractivity contribution is 0.199. The fourth-order valence-corrected chi connectivity index (χ4v) is 2.56. The predicted molar refractivity (Wildman–Crippen MR) is 107 cm³/mol. The van der Waals surface area contributed by atoms with E-state index in [2.05, 4.69) is 20.6 Å². The fourth-order valence-electron chi connectivity index (χ4n) is 2.56. The van der Waals surface area contributed by atoms with E-state index in [1.54, 1.807) is 6.92 Å². The van der Waals surface area contributed by atoms with E-state index >= 15 is 0 Å². The molecule has 0 aliphatic rings. The molecule has 1 heterocycles. The Balaban J connectivity index is 0.00000243. The summed E-state index contributed by atoms with van der Waals surface area (Å²) in [6.07, 6.45) is 0.118. The van der Waals surface area contributed by atoms with E-state index in [1.165, 1.54) is 0 Å². The van der Waals surface area contributed by atoms with Gasteiger partial charge in [-0.2, -0.15) is 4.98 Å². The Morgan fingerprint density at radius 3 is 2.65 bits per heavy atom. The van der Waals surface area contributed by atoms with Crippen molar-refractivity contribution in [1.29, 1.82) is 0 Å². The van der Waals surface area contributed by atoms with Gasteiger partial charge < -0.3 is 20.8 Å². The van der Waals surface area contributed by atoms with Crippen LogP contribution in [0, 0.1) is 0 Å². The van der Waals surface area contributed by atoms with E-state index in [1.807, 2.05) is 48.5 Å². The minimum absolute atomic E-state index is 0. The molecule has 4 N–H and O–H groups in total. The average molecular weight is 375 g/mol. The molecule has 0 saturated heterocycles. The van der Waals surface area contributed by atoms with Crippen LogP contribution < -0.4 is 10.6 Å². The molecule has 0 fully saturated rings. The number of aromatic nitrogens is 2. The third-order valence-electron chi connectivity index (χ3n) is 3.86. The van der Waals surface area contributed by atoms with E-state index < -0.39 is 6.10 Å². The molecule has 26 heavy (non-hydrogen) atoms. The van der Waals surface area contributed by atoms with Crippen molar-refractivity contribution in [2.24, 2.45) is 0 Å². The van der Waals surface area contributed by atoms with Crippen molar-refractivity contribution in [3.63, 3.8) is 0 Å². The Kier molecular flexibility index (Phi) is 7.15. The first-order chi connectivity index (χ1) is 12.2. The third-order valence-corrected chi connectivity index (χ3v) is 3.86. The molecule has 2 aromatic carbocycles. The first-order valence-electron chi connectivity index (χ1n) is 8.34. The Morgan fingerprint density at radius 2 is 1.88 bits per heavy atom. The summed E-state index contributed by atoms with van der Waals surface area (Å²) in [5.74, 6) is 1.21. The van der Waals surface area contributed by atoms with Gasteiger partial charge in [0.2, 0.25) is 5.95 Å². The highest BCUT2D eigenvalue weighted by Gasteiger charge is 2.08. The molecular weight excluding hydrogens is 352 g/mol. The van der Waals surface area contributed by atoms with Crippen molar-refractivity contribution in [2.45, 2.75) is 19.4 Å². The third kappa shape index (κ3) is 4.82. The molecule has 1 unspecified atom stereocenters. The number of para-hydroxylation sites is 1. The number of halogens is 1. The maximum absolute atomic E-state index is 9.73. The van der Waals surface area contributed by atoms with Crippen molar-refractivity contribution in [1.82, 2.24) is 9.97 Å². The molecule has 0 radical (unpaired) electrons. The van der Waals surface area contributed by atoms with Gasteiger partial charge in [0, 0.05) is 24.2 Å². The van der Waals surface area contributed by atoms with Crippen LogP contribution in [-0.2, 0) is 0 Å². The minimum Gasteiger partial charge on any atom is -0.396 e. The van der Waals surface area contributed by atoms with Gasteiger partial charge in [-0.15, -0.1) is 12.4 Å². The Hall–Kier alpha value is -2.41. The second kappa shape index (κ2) is 9.33. The van der Waals surface area contributed by atoms with Gasteiger partial charge in [-0.3, -0.25) is 0 Å². The van der Waals surface area contributed by atoms with Crippen molar-refractivity contribution < 1.29 is 10.2 Å². The van der Waals surface area contributed by atoms with E-state index in [0.29, 0.717) is 18.9 Å². The van der Waals surface area contributed by atoms with Crippen LogP contribution in [0.15, 0.2) is 48.5 Å². The zero-order valence-electron chi connectivity index (χ0n) is 14.5. The smallest absolute Gasteiger partial charge is 0.229 e. The summed E-state index contributed by atoms with van der Waals surface area (Å²) in [5, 5.41) is 26.1. The lowest BCUT2D eigenvalue weighted by atomic mass is 10.1. The number of aliphatic hydroxyl groups excluding tert-OH is 2. The van der Waals surface area contributed by atoms with Crippen LogP contribution in [0.25, 0.3) is 10.9 Å². The summed E-state index contributed by atoms with van der Waals surface area (Å²) in [5.41, 5.74) is 2.47. The summed E-state index contributed by atoms with van der Waals surface area (Å²) in [4.78, 5) is 9.12. The number of hydrogen-bond acceptors (Lipinski definition) is 6. The highest BCUT2D eigenvalue weighted by atomic mass is 35.5. The molecule has 0 bridgehead atoms. The standard InChI is InChI=1S/C19H22N4O2.ClH/c1-13(25)14-6-4-7-15(12-14)21-19-22-17-9-3-2-8-16(17)18(23-19)20-10-5-11-24;/h2-4,6-9,12-13,24-25H,5,10-11H2,1H3,(H2,20,21,22,23);1H. The van der Waals surface area contributed by atoms with Gasteiger partial charge >= 0.3 is 0 Å². The second-order valence-corrected chi connectivity index (χ2v) is 5.84. The molecule has 0 amide bonds. The van der Waals surface area contributed by atoms with Gasteiger partial charge in [-0.05, 0) is 43.2 Å². The van der Waals surface area contributed by atoms with Crippen molar-refractivity contribution in [3.05, 3.63) is 54.1 Å². The topological polar surface area (TPSA) is 90.3 Å². The monoisotopic (exact) mass is 374 g/mol. The molecule has 7 heteroatoms. The SMILES string of the molecule is CC(O)c1cccc(Nc2nc(NCCCO)c3ccccc3n2)c1.Cl. The first-order valence-corrected chi connectivity index (χ1v) is 8.34. The quantitative estimate of drug-likeness (QED) is 0.472. The van der Waals surface area contributed by atoms with E-state index in [0.717, 1.165) is 28.0 Å². The van der Waals surface area contributed by atoms with Gasteiger partial charge in [-0.25, -0.2) is 4.98 Å². The number of fused-ring (bicyclic) bond motifs is 1. The summed E-state index contributed by atoms with van der Waals surface area (Å²) in [7, 11) is 0. The average Bonchev–Trinajstić information content (AvgIpc) is 2.62. The van der Waals surface area contributed by atoms with Crippen LogP contribution in [0.2, 0.25) is 0 Å². The van der Waals surface area contributed by atoms with E-state index in [4.69, 9.17) is 5.11 Å². The van der Waals surface area contributed by atoms with E-state index in [9.17, 15) is 5.11 Å². The van der Waals surface area contributed by atoms with E-state index in [-0.39, 0.29) is 19.0 Å². The number of hydrogen-bond donors (Lipinski definition) is 4. The van der Waals surface area contributed by atoms with Crippen molar-refractivity contribution in [2.75, 3.05) is 23.8 Å². The number of nitrogens with one attached hydrogen (secondary N) is 2. The predicted octanol–water partition coefficient (Wildman–Crippen LogP) is 3.64. The summed E-state index contributed by atoms with van der Waals surface area (Å²) < 4.78 is 0. The second-order valence-electron chi connectivity index (χ2n) is 5.84. The van der Waals surface area contributed by atoms with Gasteiger partial charge in [0.15, 0.2) is 0 Å². The first kappa shape index (κ1) is 19.9. The van der Waals surface area contributed by atoms with Crippen LogP contribution in [0.4, 0.5) is 17.5 Å². The molecule has 6 nitrogen and oxygen atoms in total. The molecular formula is C19H23ClN4O2. The zero-order chi connectivity index (χ0) is 17.6. The van der Waals surface area contributed by atoms with Crippen LogP contribution >= 0.6 is 12.4 Å². The fraction of sp³-hybridized carbons (Fsp3) is 0.263. The van der Waals surface area contributed by atoms with Gasteiger partial charge in [0.1, 0.15) is 5.82 Å². The molecule has 1 atom stereocenters. The lowest BCUT2D eigenvalue weighted by Gasteiger charge is -2.12. The normalized spacial score (nSPS) is 11.7. The number of rotatable bonds is 7. The van der Waals surface area contributed by atoms with Gasteiger partial charge in [0.25, 0.3) is 0 Å². The number of aliphatic hydroxyl groups is 2. The molecule has 0 aliphatic carbocycles. The van der Waals surface area contributed by atoms with Crippen LogP contribution in [0.3, 0.4) is 0 Å². The van der Waals surface area contributed by atoms with Crippen molar-refractivity contribution >= 4 is 40.8 Å². The maximum Gasteiger partial charge on any atom is 0.229 e. The number of nitrogens with zero attached hydrogens (tertiary/aromatic N) is 2. The van der Waals surface area contributed by atoms with Crippen LogP contribution in [0.5, 0.6) is 0 Å². The van der Waals surface area contributed by atoms with Gasteiger partial charge in [0.05, 0.1) is 11.6 Å². The Labute approximate surface area is 158 Å². The molecule has 3 aromatic rings. The lowest BCUT2D eigenvalue weighted by Crippen LogP contribution is -2.08. The molecule has 3 rings (SSSR count). The largest absolute Gasteiger partial charge is 0.396 e. The number of benzene rings is 2. The Bertz CT molecular complexity index is 858. The number of anilines is 3. The zero-order valence-corrected chi connectivity index (χ0v) is 15.3. The maximum atomic E-state index is 9.73. The highest BCUT2D eigenvalue weighted by Crippen LogP contribution is 2.24. The molecule has 0 aliphatic heterocycles. The van der Waals surface area contributed by atoms with Crippen LogP contribution in [-0.4, -0.2) is 33.3 Å². The Morgan fingerprint density at radius 1 is 1.08 bits per heavy atom.